The molecule has 3 aliphatic heterocycles. The number of phenolic OH excluding ortho intramolecular Hbond substituents is 2. The van der Waals surface area contributed by atoms with Gasteiger partial charge in [-0.15, -0.1) is 0 Å². The van der Waals surface area contributed by atoms with Gasteiger partial charge in [-0.05, 0) is 31.2 Å². The van der Waals surface area contributed by atoms with Crippen molar-refractivity contribution in [2.24, 2.45) is 0 Å². The van der Waals surface area contributed by atoms with Gasteiger partial charge in [0.15, 0.2) is 18.2 Å². The highest BCUT2D eigenvalue weighted by Crippen LogP contribution is 2.39. The first-order chi connectivity index (χ1) is 23.3. The molecule has 10 N–H and O–H groups in total. The molecule has 0 amide bonds. The predicted octanol–water partition coefficient (Wildman–Crippen LogP) is -2.64. The Bertz CT molecular complexity index is 1700. The van der Waals surface area contributed by atoms with E-state index in [1.807, 2.05) is 0 Å². The minimum Gasteiger partial charge on any atom is -0.508 e. The number of hydrogen-bond acceptors (Lipinski definition) is 18. The molecule has 3 aliphatic rings. The fourth-order valence-corrected chi connectivity index (χ4v) is 5.75. The molecule has 12 atom stereocenters. The summed E-state index contributed by atoms with van der Waals surface area (Å²) in [6.45, 7) is -0.683. The van der Waals surface area contributed by atoms with Crippen molar-refractivity contribution < 1.29 is 83.9 Å². The Kier molecular flexibility index (Phi) is 9.76. The molecule has 0 radical (unpaired) electrons. The summed E-state index contributed by atoms with van der Waals surface area (Å²) in [6.07, 6.45) is -16.7. The van der Waals surface area contributed by atoms with Crippen LogP contribution in [0.4, 0.5) is 0 Å². The van der Waals surface area contributed by atoms with Crippen molar-refractivity contribution in [3.05, 3.63) is 46.6 Å². The first-order valence-electron chi connectivity index (χ1n) is 15.1. The molecule has 2 aromatic carbocycles. The maximum atomic E-state index is 14.0. The number of aliphatic hydroxyl groups excluding tert-OH is 7. The largest absolute Gasteiger partial charge is 0.508 e. The van der Waals surface area contributed by atoms with E-state index >= 15 is 0 Å². The van der Waals surface area contributed by atoms with Gasteiger partial charge in [0.25, 0.3) is 0 Å². The van der Waals surface area contributed by atoms with Gasteiger partial charge in [-0.1, -0.05) is 0 Å². The summed E-state index contributed by atoms with van der Waals surface area (Å²) in [7, 11) is 0. The first kappa shape index (κ1) is 35.2. The Morgan fingerprint density at radius 1 is 0.878 bits per heavy atom. The normalized spacial score (nSPS) is 36.3. The minimum absolute atomic E-state index is 0.130. The Balaban J connectivity index is 1.38. The van der Waals surface area contributed by atoms with Crippen LogP contribution in [0.2, 0.25) is 0 Å². The number of hydrogen-bond donors (Lipinski definition) is 10. The molecule has 3 saturated heterocycles. The molecule has 18 nitrogen and oxygen atoms in total. The molecular weight excluding hydrogens is 660 g/mol. The van der Waals surface area contributed by atoms with Crippen LogP contribution in [0.5, 0.6) is 23.0 Å². The Labute approximate surface area is 276 Å². The Morgan fingerprint density at radius 3 is 2.24 bits per heavy atom. The second-order valence-corrected chi connectivity index (χ2v) is 12.1. The first-order valence-corrected chi connectivity index (χ1v) is 15.1. The van der Waals surface area contributed by atoms with E-state index in [2.05, 4.69) is 0 Å². The van der Waals surface area contributed by atoms with Crippen LogP contribution in [0, 0.1) is 0 Å². The van der Waals surface area contributed by atoms with Crippen LogP contribution in [-0.2, 0) is 18.9 Å². The monoisotopic (exact) mass is 696 g/mol. The number of ether oxygens (including phenoxy) is 6. The molecule has 1 aromatic heterocycles. The third-order valence-electron chi connectivity index (χ3n) is 8.68. The maximum absolute atomic E-state index is 14.0. The van der Waals surface area contributed by atoms with Gasteiger partial charge >= 0.3 is 0 Å². The van der Waals surface area contributed by atoms with E-state index in [0.29, 0.717) is 0 Å². The zero-order valence-electron chi connectivity index (χ0n) is 25.7. The minimum atomic E-state index is -2.08. The SMILES string of the molecule is C[C@@H]1O[C@@H](Oc2cc(O)c3c(=O)c(O[C@@H]4O[C@@H](CO)[C@H](O)[C@@H]4O[C@@H]4OC[C@](O)(CO)[C@@H]4O)c(-c4ccc(O)cc4)oc3c2)[C@@H](O)[C@@H](O)[C@H]1O. The van der Waals surface area contributed by atoms with Gasteiger partial charge in [-0.25, -0.2) is 0 Å². The summed E-state index contributed by atoms with van der Waals surface area (Å²) in [6, 6.07) is 7.51. The predicted molar refractivity (Wildman–Crippen MR) is 159 cm³/mol. The van der Waals surface area contributed by atoms with Crippen LogP contribution in [0.15, 0.2) is 45.6 Å². The van der Waals surface area contributed by atoms with E-state index in [-0.39, 0.29) is 28.4 Å². The summed E-state index contributed by atoms with van der Waals surface area (Å²) >= 11 is 0. The van der Waals surface area contributed by atoms with Gasteiger partial charge in [0.2, 0.25) is 23.8 Å². The summed E-state index contributed by atoms with van der Waals surface area (Å²) in [4.78, 5) is 14.0. The highest BCUT2D eigenvalue weighted by atomic mass is 16.8. The average Bonchev–Trinajstić information content (AvgIpc) is 3.54. The second-order valence-electron chi connectivity index (χ2n) is 12.1. The smallest absolute Gasteiger partial charge is 0.239 e. The van der Waals surface area contributed by atoms with Crippen molar-refractivity contribution in [2.45, 2.75) is 80.2 Å². The molecule has 49 heavy (non-hydrogen) atoms. The highest BCUT2D eigenvalue weighted by molar-refractivity contribution is 5.88. The van der Waals surface area contributed by atoms with E-state index in [4.69, 9.17) is 32.8 Å². The van der Waals surface area contributed by atoms with E-state index in [0.717, 1.165) is 6.07 Å². The molecule has 0 unspecified atom stereocenters. The van der Waals surface area contributed by atoms with Crippen molar-refractivity contribution in [1.29, 1.82) is 0 Å². The third-order valence-corrected chi connectivity index (χ3v) is 8.68. The molecule has 6 rings (SSSR count). The van der Waals surface area contributed by atoms with Gasteiger partial charge in [0.05, 0.1) is 25.9 Å². The lowest BCUT2D eigenvalue weighted by Crippen LogP contribution is -2.58. The molecular formula is C31H36O18. The maximum Gasteiger partial charge on any atom is 0.239 e. The average molecular weight is 697 g/mol. The lowest BCUT2D eigenvalue weighted by Gasteiger charge is -2.38. The summed E-state index contributed by atoms with van der Waals surface area (Å²) in [5.41, 5.74) is -3.13. The van der Waals surface area contributed by atoms with Crippen LogP contribution in [0.3, 0.4) is 0 Å². The molecule has 0 spiro atoms. The summed E-state index contributed by atoms with van der Waals surface area (Å²) < 4.78 is 39.7. The second kappa shape index (κ2) is 13.6. The topological polar surface area (TPSA) is 288 Å². The lowest BCUT2D eigenvalue weighted by molar-refractivity contribution is -0.268. The number of aromatic hydroxyl groups is 2. The fourth-order valence-electron chi connectivity index (χ4n) is 5.75. The highest BCUT2D eigenvalue weighted by Gasteiger charge is 2.54. The summed E-state index contributed by atoms with van der Waals surface area (Å²) in [5, 5.41) is 102. The third kappa shape index (κ3) is 6.42. The lowest BCUT2D eigenvalue weighted by atomic mass is 10.00. The Hall–Kier alpha value is -3.63. The molecule has 18 heteroatoms. The quantitative estimate of drug-likeness (QED) is 0.109. The zero-order valence-corrected chi connectivity index (χ0v) is 25.7. The van der Waals surface area contributed by atoms with Crippen molar-refractivity contribution in [3.8, 4) is 34.3 Å². The number of rotatable bonds is 9. The number of benzene rings is 2. The van der Waals surface area contributed by atoms with Crippen LogP contribution in [0.1, 0.15) is 6.92 Å². The van der Waals surface area contributed by atoms with Crippen LogP contribution in [0.25, 0.3) is 22.3 Å². The number of phenols is 2. The van der Waals surface area contributed by atoms with E-state index in [9.17, 15) is 55.9 Å². The molecule has 0 saturated carbocycles. The van der Waals surface area contributed by atoms with E-state index in [1.165, 1.54) is 37.3 Å². The van der Waals surface area contributed by atoms with Crippen molar-refractivity contribution in [1.82, 2.24) is 0 Å². The zero-order chi connectivity index (χ0) is 35.4. The molecule has 3 fully saturated rings. The number of fused-ring (bicyclic) bond motifs is 1. The molecule has 4 heterocycles. The molecule has 0 aliphatic carbocycles. The van der Waals surface area contributed by atoms with Gasteiger partial charge in [-0.2, -0.15) is 0 Å². The molecule has 0 bridgehead atoms. The van der Waals surface area contributed by atoms with Crippen molar-refractivity contribution in [3.63, 3.8) is 0 Å². The van der Waals surface area contributed by atoms with Gasteiger partial charge < -0.3 is 83.9 Å². The van der Waals surface area contributed by atoms with Gasteiger partial charge in [0, 0.05) is 17.7 Å². The van der Waals surface area contributed by atoms with Gasteiger partial charge in [-0.3, -0.25) is 4.79 Å². The van der Waals surface area contributed by atoms with Gasteiger partial charge in [0.1, 0.15) is 70.4 Å². The van der Waals surface area contributed by atoms with Crippen LogP contribution < -0.4 is 14.9 Å². The fraction of sp³-hybridized carbons (Fsp3) is 0.516. The molecule has 268 valence electrons. The van der Waals surface area contributed by atoms with Crippen LogP contribution in [-0.4, -0.2) is 144 Å². The van der Waals surface area contributed by atoms with Crippen molar-refractivity contribution >= 4 is 11.0 Å². The molecule has 3 aromatic rings. The number of aliphatic hydroxyl groups is 8. The van der Waals surface area contributed by atoms with E-state index in [1.54, 1.807) is 0 Å². The van der Waals surface area contributed by atoms with Crippen LogP contribution >= 0.6 is 0 Å². The standard InChI is InChI=1S/C31H36O18/c1-11-19(36)22(39)23(40)28(44-11)45-14-6-15(35)18-16(7-14)46-24(12-2-4-13(34)5-3-12)25(21(18)38)48-29-26(20(37)17(8-32)47-29)49-30-27(41)31(42,9-33)10-43-30/h2-7,11,17,19-20,22-23,26-30,32-37,39-42H,8-10H2,1H3/t11-,17-,19-,20-,22-,23-,26-,27+,28-,29-,30-,31+/m0/s1. The van der Waals surface area contributed by atoms with Crippen molar-refractivity contribution in [2.75, 3.05) is 19.8 Å². The van der Waals surface area contributed by atoms with E-state index < -0.39 is 115 Å². The Morgan fingerprint density at radius 2 is 1.59 bits per heavy atom. The summed E-state index contributed by atoms with van der Waals surface area (Å²) in [5.74, 6) is -1.83.